The number of rotatable bonds is 5. The summed E-state index contributed by atoms with van der Waals surface area (Å²) in [5.41, 5.74) is 1.36. The maximum absolute atomic E-state index is 11.3. The Morgan fingerprint density at radius 3 is 2.72 bits per heavy atom. The predicted molar refractivity (Wildman–Crippen MR) is 72.1 cm³/mol. The van der Waals surface area contributed by atoms with E-state index in [9.17, 15) is 9.90 Å². The third-order valence-corrected chi connectivity index (χ3v) is 3.02. The maximum atomic E-state index is 11.3. The van der Waals surface area contributed by atoms with Crippen LogP contribution in [0.25, 0.3) is 10.9 Å². The molecule has 0 saturated heterocycles. The first-order valence-electron chi connectivity index (χ1n) is 6.06. The summed E-state index contributed by atoms with van der Waals surface area (Å²) in [4.78, 5) is 13.4. The number of nitrogens with zero attached hydrogens (tertiary/aromatic N) is 2. The third kappa shape index (κ3) is 2.54. The van der Waals surface area contributed by atoms with Crippen molar-refractivity contribution in [3.63, 3.8) is 0 Å². The third-order valence-electron chi connectivity index (χ3n) is 3.02. The van der Waals surface area contributed by atoms with E-state index in [1.165, 1.54) is 0 Å². The van der Waals surface area contributed by atoms with Crippen molar-refractivity contribution in [3.8, 4) is 0 Å². The molecule has 0 amide bonds. The maximum Gasteiger partial charge on any atom is 0.352 e. The van der Waals surface area contributed by atoms with Crippen molar-refractivity contribution in [3.05, 3.63) is 36.0 Å². The number of hydrogen-bond acceptors (Lipinski definition) is 2. The molecule has 1 N–H and O–H groups in total. The van der Waals surface area contributed by atoms with Crippen LogP contribution in [0.4, 0.5) is 0 Å². The Bertz CT molecular complexity index is 558. The Morgan fingerprint density at radius 2 is 2.06 bits per heavy atom. The van der Waals surface area contributed by atoms with Crippen molar-refractivity contribution in [2.24, 2.45) is 0 Å². The molecule has 0 unspecified atom stereocenters. The van der Waals surface area contributed by atoms with Crippen LogP contribution in [0, 0.1) is 0 Å². The highest BCUT2D eigenvalue weighted by Gasteiger charge is 2.13. The zero-order valence-electron chi connectivity index (χ0n) is 10.8. The quantitative estimate of drug-likeness (QED) is 0.880. The normalized spacial score (nSPS) is 11.3. The molecule has 96 valence electrons. The fourth-order valence-electron chi connectivity index (χ4n) is 2.17. The number of carboxylic acid groups (broad SMARTS) is 1. The fourth-order valence-corrected chi connectivity index (χ4v) is 2.17. The van der Waals surface area contributed by atoms with Crippen molar-refractivity contribution in [2.75, 3.05) is 20.6 Å². The van der Waals surface area contributed by atoms with E-state index in [2.05, 4.69) is 4.90 Å². The largest absolute Gasteiger partial charge is 0.477 e. The summed E-state index contributed by atoms with van der Waals surface area (Å²) in [5, 5.41) is 10.2. The molecule has 1 heterocycles. The van der Waals surface area contributed by atoms with Crippen LogP contribution in [0.5, 0.6) is 0 Å². The van der Waals surface area contributed by atoms with Crippen molar-refractivity contribution in [2.45, 2.75) is 13.0 Å². The van der Waals surface area contributed by atoms with Gasteiger partial charge in [0.25, 0.3) is 0 Å². The highest BCUT2D eigenvalue weighted by molar-refractivity contribution is 5.94. The lowest BCUT2D eigenvalue weighted by Gasteiger charge is -2.12. The number of carboxylic acids is 1. The molecule has 0 aliphatic heterocycles. The molecule has 2 aromatic rings. The highest BCUT2D eigenvalue weighted by atomic mass is 16.4. The molecular formula is C14H18N2O2. The lowest BCUT2D eigenvalue weighted by atomic mass is 10.2. The number of benzene rings is 1. The molecule has 2 rings (SSSR count). The van der Waals surface area contributed by atoms with Crippen LogP contribution < -0.4 is 0 Å². The van der Waals surface area contributed by atoms with Gasteiger partial charge >= 0.3 is 5.97 Å². The molecule has 0 aliphatic carbocycles. The van der Waals surface area contributed by atoms with Crippen LogP contribution >= 0.6 is 0 Å². The number of fused-ring (bicyclic) bond motifs is 1. The Labute approximate surface area is 106 Å². The molecule has 4 heteroatoms. The molecule has 0 spiro atoms. The van der Waals surface area contributed by atoms with E-state index in [0.29, 0.717) is 5.69 Å². The summed E-state index contributed by atoms with van der Waals surface area (Å²) in [6.45, 7) is 1.68. The van der Waals surface area contributed by atoms with Gasteiger partial charge < -0.3 is 14.6 Å². The second-order valence-corrected chi connectivity index (χ2v) is 4.70. The Morgan fingerprint density at radius 1 is 1.33 bits per heavy atom. The Kier molecular flexibility index (Phi) is 3.67. The zero-order chi connectivity index (χ0) is 13.1. The standard InChI is InChI=1S/C14H18N2O2/c1-15(2)8-5-9-16-12-7-4-3-6-11(12)10-13(16)14(17)18/h3-4,6-7,10H,5,8-9H2,1-2H3,(H,17,18). The van der Waals surface area contributed by atoms with E-state index >= 15 is 0 Å². The van der Waals surface area contributed by atoms with Gasteiger partial charge in [-0.15, -0.1) is 0 Å². The van der Waals surface area contributed by atoms with E-state index in [1.807, 2.05) is 42.9 Å². The number of aromatic nitrogens is 1. The van der Waals surface area contributed by atoms with Gasteiger partial charge in [0.2, 0.25) is 0 Å². The first-order chi connectivity index (χ1) is 8.59. The van der Waals surface area contributed by atoms with Gasteiger partial charge in [-0.3, -0.25) is 0 Å². The van der Waals surface area contributed by atoms with Crippen LogP contribution in [0.3, 0.4) is 0 Å². The van der Waals surface area contributed by atoms with Crippen LogP contribution in [-0.4, -0.2) is 41.2 Å². The topological polar surface area (TPSA) is 45.5 Å². The number of aryl methyl sites for hydroxylation is 1. The van der Waals surface area contributed by atoms with Crippen molar-refractivity contribution in [1.29, 1.82) is 0 Å². The summed E-state index contributed by atoms with van der Waals surface area (Å²) < 4.78 is 1.89. The van der Waals surface area contributed by atoms with Crippen LogP contribution in [-0.2, 0) is 6.54 Å². The fraction of sp³-hybridized carbons (Fsp3) is 0.357. The summed E-state index contributed by atoms with van der Waals surface area (Å²) >= 11 is 0. The van der Waals surface area contributed by atoms with Crippen molar-refractivity contribution < 1.29 is 9.90 Å². The first-order valence-corrected chi connectivity index (χ1v) is 6.06. The molecule has 4 nitrogen and oxygen atoms in total. The van der Waals surface area contributed by atoms with Gasteiger partial charge in [-0.25, -0.2) is 4.79 Å². The zero-order valence-corrected chi connectivity index (χ0v) is 10.8. The second-order valence-electron chi connectivity index (χ2n) is 4.70. The molecule has 0 fully saturated rings. The number of hydrogen-bond donors (Lipinski definition) is 1. The monoisotopic (exact) mass is 246 g/mol. The van der Waals surface area contributed by atoms with Crippen molar-refractivity contribution in [1.82, 2.24) is 9.47 Å². The van der Waals surface area contributed by atoms with Gasteiger partial charge in [0.15, 0.2) is 0 Å². The minimum Gasteiger partial charge on any atom is -0.477 e. The molecule has 0 radical (unpaired) electrons. The van der Waals surface area contributed by atoms with Gasteiger partial charge in [-0.2, -0.15) is 0 Å². The average Bonchev–Trinajstić information content (AvgIpc) is 2.68. The first kappa shape index (κ1) is 12.6. The minimum atomic E-state index is -0.865. The van der Waals surface area contributed by atoms with Gasteiger partial charge in [0, 0.05) is 17.4 Å². The molecule has 0 saturated carbocycles. The van der Waals surface area contributed by atoms with E-state index < -0.39 is 5.97 Å². The van der Waals surface area contributed by atoms with Crippen LogP contribution in [0.15, 0.2) is 30.3 Å². The number of carbonyl (C=O) groups is 1. The molecule has 1 aromatic heterocycles. The van der Waals surface area contributed by atoms with Gasteiger partial charge in [-0.05, 0) is 39.2 Å². The van der Waals surface area contributed by atoms with Gasteiger partial charge in [-0.1, -0.05) is 18.2 Å². The van der Waals surface area contributed by atoms with E-state index in [0.717, 1.165) is 30.4 Å². The summed E-state index contributed by atoms with van der Waals surface area (Å²) in [6, 6.07) is 9.53. The molecule has 0 atom stereocenters. The highest BCUT2D eigenvalue weighted by Crippen LogP contribution is 2.20. The SMILES string of the molecule is CN(C)CCCn1c(C(=O)O)cc2ccccc21. The number of aromatic carboxylic acids is 1. The summed E-state index contributed by atoms with van der Waals surface area (Å²) in [7, 11) is 4.04. The predicted octanol–water partition coefficient (Wildman–Crippen LogP) is 2.29. The average molecular weight is 246 g/mol. The van der Waals surface area contributed by atoms with Crippen LogP contribution in [0.2, 0.25) is 0 Å². The molecular weight excluding hydrogens is 228 g/mol. The Balaban J connectivity index is 2.33. The Hall–Kier alpha value is -1.81. The van der Waals surface area contributed by atoms with Crippen molar-refractivity contribution >= 4 is 16.9 Å². The second kappa shape index (κ2) is 5.23. The van der Waals surface area contributed by atoms with Crippen LogP contribution in [0.1, 0.15) is 16.9 Å². The summed E-state index contributed by atoms with van der Waals surface area (Å²) in [5.74, 6) is -0.865. The van der Waals surface area contributed by atoms with E-state index in [-0.39, 0.29) is 0 Å². The summed E-state index contributed by atoms with van der Waals surface area (Å²) in [6.07, 6.45) is 0.936. The minimum absolute atomic E-state index is 0.370. The van der Waals surface area contributed by atoms with Gasteiger partial charge in [0.05, 0.1) is 0 Å². The molecule has 1 aromatic carbocycles. The molecule has 0 aliphatic rings. The van der Waals surface area contributed by atoms with Gasteiger partial charge in [0.1, 0.15) is 5.69 Å². The van der Waals surface area contributed by atoms with E-state index in [1.54, 1.807) is 6.07 Å². The number of para-hydroxylation sites is 1. The lowest BCUT2D eigenvalue weighted by molar-refractivity contribution is 0.0685. The molecule has 0 bridgehead atoms. The van der Waals surface area contributed by atoms with E-state index in [4.69, 9.17) is 0 Å². The smallest absolute Gasteiger partial charge is 0.352 e. The lowest BCUT2D eigenvalue weighted by Crippen LogP contribution is -2.16. The molecule has 18 heavy (non-hydrogen) atoms.